The maximum atomic E-state index is 11.6. The number of likely N-dealkylation sites (N-methyl/N-ethyl adjacent to an activating group) is 1. The average molecular weight is 220 g/mol. The zero-order chi connectivity index (χ0) is 12.0. The molecule has 0 fully saturated rings. The minimum Gasteiger partial charge on any atom is -0.326 e. The van der Waals surface area contributed by atoms with Crippen molar-refractivity contribution in [2.75, 3.05) is 12.4 Å². The normalized spacial score (nSPS) is 11.9. The molecule has 1 aromatic carbocycles. The summed E-state index contributed by atoms with van der Waals surface area (Å²) in [6.45, 7) is 1.47. The van der Waals surface area contributed by atoms with E-state index in [2.05, 4.69) is 10.6 Å². The molecule has 86 valence electrons. The fourth-order valence-corrected chi connectivity index (χ4v) is 1.37. The van der Waals surface area contributed by atoms with Crippen molar-refractivity contribution in [3.63, 3.8) is 0 Å². The van der Waals surface area contributed by atoms with E-state index in [1.165, 1.54) is 6.92 Å². The fraction of sp³-hybridized carbons (Fsp3) is 0.333. The monoisotopic (exact) mass is 220 g/mol. The third-order valence-corrected chi connectivity index (χ3v) is 2.29. The summed E-state index contributed by atoms with van der Waals surface area (Å²) in [5, 5.41) is 5.54. The summed E-state index contributed by atoms with van der Waals surface area (Å²) in [6, 6.07) is 8.76. The Bertz CT molecular complexity index is 363. The molecule has 1 atom stereocenters. The highest BCUT2D eigenvalue weighted by Gasteiger charge is 2.15. The number of hydrogen-bond acceptors (Lipinski definition) is 3. The molecule has 0 aliphatic heterocycles. The highest BCUT2D eigenvalue weighted by molar-refractivity contribution is 5.95. The molecule has 0 saturated carbocycles. The van der Waals surface area contributed by atoms with Crippen LogP contribution in [0.2, 0.25) is 0 Å². The van der Waals surface area contributed by atoms with E-state index in [1.807, 2.05) is 18.2 Å². The third-order valence-electron chi connectivity index (χ3n) is 2.29. The summed E-state index contributed by atoms with van der Waals surface area (Å²) in [4.78, 5) is 22.7. The fourth-order valence-electron chi connectivity index (χ4n) is 1.37. The van der Waals surface area contributed by atoms with Gasteiger partial charge in [0, 0.05) is 12.1 Å². The Labute approximate surface area is 95.0 Å². The van der Waals surface area contributed by atoms with Gasteiger partial charge < -0.3 is 10.6 Å². The van der Waals surface area contributed by atoms with Crippen LogP contribution in [-0.4, -0.2) is 24.8 Å². The SMILES string of the molecule is CNC(CC(=O)Nc1ccccc1)C(C)=O. The zero-order valence-electron chi connectivity index (χ0n) is 9.49. The van der Waals surface area contributed by atoms with Crippen LogP contribution in [0.15, 0.2) is 30.3 Å². The maximum absolute atomic E-state index is 11.6. The first-order chi connectivity index (χ1) is 7.63. The van der Waals surface area contributed by atoms with E-state index in [-0.39, 0.29) is 18.1 Å². The topological polar surface area (TPSA) is 58.2 Å². The molecular formula is C12H16N2O2. The summed E-state index contributed by atoms with van der Waals surface area (Å²) in [5.74, 6) is -0.202. The number of amides is 1. The molecule has 0 heterocycles. The molecule has 1 rings (SSSR count). The highest BCUT2D eigenvalue weighted by Crippen LogP contribution is 2.06. The van der Waals surface area contributed by atoms with Crippen LogP contribution in [0.4, 0.5) is 5.69 Å². The molecule has 0 aliphatic carbocycles. The Kier molecular flexibility index (Phi) is 4.66. The van der Waals surface area contributed by atoms with Gasteiger partial charge in [-0.2, -0.15) is 0 Å². The van der Waals surface area contributed by atoms with Gasteiger partial charge >= 0.3 is 0 Å². The number of benzene rings is 1. The Morgan fingerprint density at radius 3 is 2.38 bits per heavy atom. The second-order valence-corrected chi connectivity index (χ2v) is 3.57. The van der Waals surface area contributed by atoms with E-state index < -0.39 is 6.04 Å². The average Bonchev–Trinajstić information content (AvgIpc) is 2.27. The molecule has 0 aliphatic rings. The lowest BCUT2D eigenvalue weighted by atomic mass is 10.1. The number of ketones is 1. The Balaban J connectivity index is 2.50. The van der Waals surface area contributed by atoms with Crippen molar-refractivity contribution in [3.05, 3.63) is 30.3 Å². The van der Waals surface area contributed by atoms with Gasteiger partial charge in [0.25, 0.3) is 0 Å². The molecule has 1 aromatic rings. The minimum atomic E-state index is -0.413. The number of hydrogen-bond donors (Lipinski definition) is 2. The van der Waals surface area contributed by atoms with Gasteiger partial charge in [-0.1, -0.05) is 18.2 Å². The van der Waals surface area contributed by atoms with Crippen LogP contribution in [0, 0.1) is 0 Å². The molecule has 0 spiro atoms. The van der Waals surface area contributed by atoms with Gasteiger partial charge in [0.2, 0.25) is 5.91 Å². The second-order valence-electron chi connectivity index (χ2n) is 3.57. The number of carbonyl (C=O) groups excluding carboxylic acids is 2. The van der Waals surface area contributed by atoms with Gasteiger partial charge in [0.1, 0.15) is 5.78 Å². The quantitative estimate of drug-likeness (QED) is 0.783. The number of rotatable bonds is 5. The predicted molar refractivity (Wildman–Crippen MR) is 63.2 cm³/mol. The lowest BCUT2D eigenvalue weighted by Crippen LogP contribution is -2.36. The van der Waals surface area contributed by atoms with Crippen LogP contribution in [0.25, 0.3) is 0 Å². The molecule has 0 aromatic heterocycles. The van der Waals surface area contributed by atoms with Crippen LogP contribution in [0.3, 0.4) is 0 Å². The second kappa shape index (κ2) is 6.02. The summed E-state index contributed by atoms with van der Waals surface area (Å²) >= 11 is 0. The highest BCUT2D eigenvalue weighted by atomic mass is 16.2. The molecule has 1 unspecified atom stereocenters. The molecule has 16 heavy (non-hydrogen) atoms. The third kappa shape index (κ3) is 3.82. The van der Waals surface area contributed by atoms with Gasteiger partial charge in [-0.05, 0) is 26.1 Å². The standard InChI is InChI=1S/C12H16N2O2/c1-9(15)11(13-2)8-12(16)14-10-6-4-3-5-7-10/h3-7,11,13H,8H2,1-2H3,(H,14,16). The van der Waals surface area contributed by atoms with Gasteiger partial charge in [0.05, 0.1) is 6.04 Å². The number of Topliss-reactive ketones (excluding diaryl/α,β-unsaturated/α-hetero) is 1. The van der Waals surface area contributed by atoms with Crippen molar-refractivity contribution in [1.29, 1.82) is 0 Å². The lowest BCUT2D eigenvalue weighted by molar-refractivity contribution is -0.123. The van der Waals surface area contributed by atoms with Crippen molar-refractivity contribution in [2.24, 2.45) is 0 Å². The number of anilines is 1. The van der Waals surface area contributed by atoms with Crippen LogP contribution >= 0.6 is 0 Å². The molecular weight excluding hydrogens is 204 g/mol. The van der Waals surface area contributed by atoms with Crippen molar-refractivity contribution >= 4 is 17.4 Å². The number of nitrogens with one attached hydrogen (secondary N) is 2. The van der Waals surface area contributed by atoms with Crippen LogP contribution < -0.4 is 10.6 Å². The van der Waals surface area contributed by atoms with E-state index in [0.29, 0.717) is 0 Å². The van der Waals surface area contributed by atoms with Crippen molar-refractivity contribution < 1.29 is 9.59 Å². The maximum Gasteiger partial charge on any atom is 0.226 e. The van der Waals surface area contributed by atoms with E-state index >= 15 is 0 Å². The van der Waals surface area contributed by atoms with E-state index in [4.69, 9.17) is 0 Å². The van der Waals surface area contributed by atoms with Crippen molar-refractivity contribution in [2.45, 2.75) is 19.4 Å². The predicted octanol–water partition coefficient (Wildman–Crippen LogP) is 1.19. The summed E-state index contributed by atoms with van der Waals surface area (Å²) in [7, 11) is 1.67. The van der Waals surface area contributed by atoms with E-state index in [1.54, 1.807) is 19.2 Å². The van der Waals surface area contributed by atoms with Crippen LogP contribution in [0.5, 0.6) is 0 Å². The first kappa shape index (κ1) is 12.4. The first-order valence-corrected chi connectivity index (χ1v) is 5.16. The Morgan fingerprint density at radius 2 is 1.88 bits per heavy atom. The molecule has 0 bridgehead atoms. The number of para-hydroxylation sites is 1. The summed E-state index contributed by atoms with van der Waals surface area (Å²) in [5.41, 5.74) is 0.742. The Morgan fingerprint density at radius 1 is 1.25 bits per heavy atom. The first-order valence-electron chi connectivity index (χ1n) is 5.16. The molecule has 0 saturated heterocycles. The zero-order valence-corrected chi connectivity index (χ0v) is 9.49. The number of carbonyl (C=O) groups is 2. The largest absolute Gasteiger partial charge is 0.326 e. The van der Waals surface area contributed by atoms with Gasteiger partial charge in [-0.15, -0.1) is 0 Å². The van der Waals surface area contributed by atoms with Gasteiger partial charge in [-0.25, -0.2) is 0 Å². The summed E-state index contributed by atoms with van der Waals surface area (Å²) < 4.78 is 0. The van der Waals surface area contributed by atoms with Crippen LogP contribution in [0.1, 0.15) is 13.3 Å². The van der Waals surface area contributed by atoms with E-state index in [0.717, 1.165) is 5.69 Å². The molecule has 0 radical (unpaired) electrons. The van der Waals surface area contributed by atoms with Gasteiger partial charge in [-0.3, -0.25) is 9.59 Å². The van der Waals surface area contributed by atoms with Crippen molar-refractivity contribution in [3.8, 4) is 0 Å². The minimum absolute atomic E-state index is 0.0364. The smallest absolute Gasteiger partial charge is 0.226 e. The van der Waals surface area contributed by atoms with Gasteiger partial charge in [0.15, 0.2) is 0 Å². The molecule has 4 nitrogen and oxygen atoms in total. The molecule has 4 heteroatoms. The molecule has 1 amide bonds. The Hall–Kier alpha value is -1.68. The summed E-state index contributed by atoms with van der Waals surface area (Å²) in [6.07, 6.45) is 0.153. The molecule has 2 N–H and O–H groups in total. The van der Waals surface area contributed by atoms with Crippen LogP contribution in [-0.2, 0) is 9.59 Å². The lowest BCUT2D eigenvalue weighted by Gasteiger charge is -2.12. The van der Waals surface area contributed by atoms with E-state index in [9.17, 15) is 9.59 Å². The van der Waals surface area contributed by atoms with Crippen molar-refractivity contribution in [1.82, 2.24) is 5.32 Å².